The van der Waals surface area contributed by atoms with Crippen LogP contribution < -0.4 is 9.47 Å². The Morgan fingerprint density at radius 1 is 1.19 bits per heavy atom. The molecule has 1 aliphatic rings. The fourth-order valence-corrected chi connectivity index (χ4v) is 4.00. The fraction of sp³-hybridized carbons (Fsp3) is 0.429. The van der Waals surface area contributed by atoms with E-state index in [1.807, 2.05) is 0 Å². The fourth-order valence-electron chi connectivity index (χ4n) is 2.59. The highest BCUT2D eigenvalue weighted by atomic mass is 79.9. The Morgan fingerprint density at radius 2 is 1.88 bits per heavy atom. The Bertz CT molecular complexity index is 954. The molecule has 0 atom stereocenters. The zero-order chi connectivity index (χ0) is 24.1. The van der Waals surface area contributed by atoms with Crippen LogP contribution >= 0.6 is 27.7 Å². The first-order valence-electron chi connectivity index (χ1n) is 9.58. The van der Waals surface area contributed by atoms with E-state index in [1.54, 1.807) is 39.8 Å². The second kappa shape index (κ2) is 10.9. The lowest BCUT2D eigenvalue weighted by molar-refractivity contribution is -0.156. The minimum atomic E-state index is -0.728. The van der Waals surface area contributed by atoms with E-state index < -0.39 is 35.2 Å². The van der Waals surface area contributed by atoms with Crippen LogP contribution in [0, 0.1) is 0 Å². The van der Waals surface area contributed by atoms with Gasteiger partial charge in [0, 0.05) is 0 Å². The van der Waals surface area contributed by atoms with Crippen molar-refractivity contribution in [2.45, 2.75) is 33.3 Å². The zero-order valence-electron chi connectivity index (χ0n) is 18.4. The number of hydrogen-bond donors (Lipinski definition) is 0. The summed E-state index contributed by atoms with van der Waals surface area (Å²) in [5, 5.41) is -0.562. The molecule has 0 N–H and O–H groups in total. The molecule has 1 aromatic rings. The van der Waals surface area contributed by atoms with Gasteiger partial charge >= 0.3 is 11.9 Å². The number of halogens is 1. The zero-order valence-corrected chi connectivity index (χ0v) is 20.8. The Balaban J connectivity index is 2.20. The lowest BCUT2D eigenvalue weighted by Gasteiger charge is -2.21. The Labute approximate surface area is 198 Å². The first-order valence-corrected chi connectivity index (χ1v) is 11.2. The lowest BCUT2D eigenvalue weighted by Crippen LogP contribution is -2.37. The van der Waals surface area contributed by atoms with Gasteiger partial charge in [-0.05, 0) is 79.2 Å². The molecule has 0 unspecified atom stereocenters. The summed E-state index contributed by atoms with van der Waals surface area (Å²) in [6, 6.07) is 3.23. The van der Waals surface area contributed by atoms with Crippen molar-refractivity contribution in [3.63, 3.8) is 0 Å². The maximum Gasteiger partial charge on any atom is 0.344 e. The van der Waals surface area contributed by atoms with Crippen LogP contribution in [-0.4, -0.2) is 60.5 Å². The maximum absolute atomic E-state index is 12.7. The van der Waals surface area contributed by atoms with Gasteiger partial charge in [-0.15, -0.1) is 0 Å². The van der Waals surface area contributed by atoms with Gasteiger partial charge in [-0.2, -0.15) is 0 Å². The van der Waals surface area contributed by atoms with Crippen molar-refractivity contribution in [2.24, 2.45) is 0 Å². The van der Waals surface area contributed by atoms with E-state index in [4.69, 9.17) is 18.9 Å². The van der Waals surface area contributed by atoms with Gasteiger partial charge in [-0.3, -0.25) is 19.3 Å². The monoisotopic (exact) mass is 529 g/mol. The Kier molecular flexibility index (Phi) is 8.73. The molecular weight excluding hydrogens is 506 g/mol. The number of carbonyl (C=O) groups excluding carboxylic acids is 4. The van der Waals surface area contributed by atoms with E-state index in [-0.39, 0.29) is 23.9 Å². The SMILES string of the molecule is CCOC(=O)COc1c(Br)cc(C=C2SC(=O)N(CC(=O)OC(C)(C)C)C2=O)cc1OC. The van der Waals surface area contributed by atoms with Crippen LogP contribution in [0.5, 0.6) is 11.5 Å². The first-order chi connectivity index (χ1) is 14.9. The third-order valence-corrected chi connectivity index (χ3v) is 5.27. The molecule has 0 radical (unpaired) electrons. The van der Waals surface area contributed by atoms with Gasteiger partial charge in [0.25, 0.3) is 11.1 Å². The van der Waals surface area contributed by atoms with Crippen LogP contribution in [0.3, 0.4) is 0 Å². The van der Waals surface area contributed by atoms with E-state index >= 15 is 0 Å². The quantitative estimate of drug-likeness (QED) is 0.367. The highest BCUT2D eigenvalue weighted by molar-refractivity contribution is 9.10. The van der Waals surface area contributed by atoms with Crippen molar-refractivity contribution < 1.29 is 38.1 Å². The number of methoxy groups -OCH3 is 1. The van der Waals surface area contributed by atoms with Crippen molar-refractivity contribution in [3.8, 4) is 11.5 Å². The van der Waals surface area contributed by atoms with E-state index in [1.165, 1.54) is 13.2 Å². The summed E-state index contributed by atoms with van der Waals surface area (Å²) in [5.41, 5.74) is -0.186. The number of ether oxygens (including phenoxy) is 4. The molecule has 1 aliphatic heterocycles. The number of thioether (sulfide) groups is 1. The number of rotatable bonds is 8. The molecule has 9 nitrogen and oxygen atoms in total. The average molecular weight is 530 g/mol. The highest BCUT2D eigenvalue weighted by Crippen LogP contribution is 2.39. The molecule has 0 saturated carbocycles. The number of nitrogens with zero attached hydrogens (tertiary/aromatic N) is 1. The van der Waals surface area contributed by atoms with E-state index in [2.05, 4.69) is 15.9 Å². The third-order valence-electron chi connectivity index (χ3n) is 3.77. The topological polar surface area (TPSA) is 108 Å². The second-order valence-corrected chi connectivity index (χ2v) is 9.33. The molecule has 2 rings (SSSR count). The second-order valence-electron chi connectivity index (χ2n) is 7.48. The number of carbonyl (C=O) groups is 4. The molecular formula is C21H24BrNO8S. The summed E-state index contributed by atoms with van der Waals surface area (Å²) < 4.78 is 21.3. The number of esters is 2. The molecule has 0 aromatic heterocycles. The number of benzene rings is 1. The van der Waals surface area contributed by atoms with Crippen molar-refractivity contribution in [2.75, 3.05) is 26.9 Å². The van der Waals surface area contributed by atoms with Crippen LogP contribution in [0.15, 0.2) is 21.5 Å². The largest absolute Gasteiger partial charge is 0.493 e. The maximum atomic E-state index is 12.7. The van der Waals surface area contributed by atoms with Gasteiger partial charge in [-0.25, -0.2) is 4.79 Å². The molecule has 0 aliphatic carbocycles. The molecule has 2 amide bonds. The predicted molar refractivity (Wildman–Crippen MR) is 121 cm³/mol. The molecule has 1 saturated heterocycles. The average Bonchev–Trinajstić information content (AvgIpc) is 2.93. The highest BCUT2D eigenvalue weighted by Gasteiger charge is 2.37. The molecule has 0 bridgehead atoms. The summed E-state index contributed by atoms with van der Waals surface area (Å²) in [6.07, 6.45) is 1.50. The Hall–Kier alpha value is -2.53. The normalized spacial score (nSPS) is 15.2. The number of imide groups is 1. The van der Waals surface area contributed by atoms with Crippen LogP contribution in [0.2, 0.25) is 0 Å². The van der Waals surface area contributed by atoms with E-state index in [0.29, 0.717) is 15.8 Å². The number of amides is 2. The van der Waals surface area contributed by atoms with Gasteiger partial charge in [0.1, 0.15) is 12.1 Å². The molecule has 174 valence electrons. The predicted octanol–water partition coefficient (Wildman–Crippen LogP) is 3.78. The molecule has 32 heavy (non-hydrogen) atoms. The summed E-state index contributed by atoms with van der Waals surface area (Å²) in [6.45, 7) is 6.26. The molecule has 11 heteroatoms. The van der Waals surface area contributed by atoms with Gasteiger partial charge in [0.2, 0.25) is 0 Å². The van der Waals surface area contributed by atoms with Crippen LogP contribution in [0.1, 0.15) is 33.3 Å². The van der Waals surface area contributed by atoms with Gasteiger partial charge in [0.15, 0.2) is 18.1 Å². The van der Waals surface area contributed by atoms with E-state index in [9.17, 15) is 19.2 Å². The van der Waals surface area contributed by atoms with Gasteiger partial charge in [0.05, 0.1) is 23.1 Å². The molecule has 1 fully saturated rings. The van der Waals surface area contributed by atoms with Crippen molar-refractivity contribution in [3.05, 3.63) is 27.1 Å². The smallest absolute Gasteiger partial charge is 0.344 e. The number of hydrogen-bond acceptors (Lipinski definition) is 9. The minimum Gasteiger partial charge on any atom is -0.493 e. The van der Waals surface area contributed by atoms with Crippen LogP contribution in [-0.2, 0) is 23.9 Å². The lowest BCUT2D eigenvalue weighted by atomic mass is 10.2. The Morgan fingerprint density at radius 3 is 2.47 bits per heavy atom. The van der Waals surface area contributed by atoms with E-state index in [0.717, 1.165) is 16.7 Å². The van der Waals surface area contributed by atoms with Gasteiger partial charge < -0.3 is 18.9 Å². The van der Waals surface area contributed by atoms with Crippen LogP contribution in [0.4, 0.5) is 4.79 Å². The minimum absolute atomic E-state index is 0.146. The molecule has 0 spiro atoms. The summed E-state index contributed by atoms with van der Waals surface area (Å²) in [5.74, 6) is -1.19. The summed E-state index contributed by atoms with van der Waals surface area (Å²) >= 11 is 4.08. The van der Waals surface area contributed by atoms with Gasteiger partial charge in [-0.1, -0.05) is 0 Å². The van der Waals surface area contributed by atoms with Crippen molar-refractivity contribution in [1.29, 1.82) is 0 Å². The molecule has 1 heterocycles. The van der Waals surface area contributed by atoms with Crippen molar-refractivity contribution >= 4 is 56.9 Å². The standard InChI is InChI=1S/C21H24BrNO8S/c1-6-29-17(25)11-30-18-13(22)7-12(8-14(18)28-5)9-15-19(26)23(20(27)32-15)10-16(24)31-21(2,3)4/h7-9H,6,10-11H2,1-5H3. The third kappa shape index (κ3) is 6.99. The summed E-state index contributed by atoms with van der Waals surface area (Å²) in [7, 11) is 1.43. The summed E-state index contributed by atoms with van der Waals surface area (Å²) in [4.78, 5) is 49.5. The molecule has 1 aromatic carbocycles. The van der Waals surface area contributed by atoms with Crippen LogP contribution in [0.25, 0.3) is 6.08 Å². The first kappa shape index (κ1) is 25.7. The van der Waals surface area contributed by atoms with Crippen molar-refractivity contribution in [1.82, 2.24) is 4.90 Å².